The molecule has 1 spiro atoms. The lowest BCUT2D eigenvalue weighted by molar-refractivity contribution is -0.772. The molecule has 0 saturated heterocycles. The fraction of sp³-hybridized carbons (Fsp3) is 0.250. The molecule has 5 heterocycles. The highest BCUT2D eigenvalue weighted by atomic mass is 16.3. The molecule has 2 aliphatic carbocycles. The van der Waals surface area contributed by atoms with E-state index in [4.69, 9.17) is 4.42 Å². The van der Waals surface area contributed by atoms with Crippen LogP contribution in [0.5, 0.6) is 0 Å². The SMILES string of the molecule is CC1=Cc2c(ccc3c2oc2c4c(ccc23)C2(C3c5ccccc5-c5cccc[n+]5C32)[n+]2cc(C)c(C(C)(C)C)cc2-4)C1. The third-order valence-corrected chi connectivity index (χ3v) is 10.9. The van der Waals surface area contributed by atoms with E-state index in [-0.39, 0.29) is 11.0 Å². The number of nitrogens with zero attached hydrogens (tertiary/aromatic N) is 2. The fourth-order valence-corrected chi connectivity index (χ4v) is 9.24. The molecule has 6 aromatic rings. The van der Waals surface area contributed by atoms with Gasteiger partial charge >= 0.3 is 0 Å². The minimum atomic E-state index is -0.217. The molecular weight excluding hydrogens is 524 g/mol. The first-order chi connectivity index (χ1) is 20.8. The average molecular weight is 559 g/mol. The second-order valence-corrected chi connectivity index (χ2v) is 14.4. The van der Waals surface area contributed by atoms with Crippen LogP contribution < -0.4 is 9.13 Å². The fourth-order valence-electron chi connectivity index (χ4n) is 9.24. The van der Waals surface area contributed by atoms with Gasteiger partial charge in [-0.1, -0.05) is 68.8 Å². The number of allylic oxidation sites excluding steroid dienone is 1. The number of aromatic nitrogens is 2. The van der Waals surface area contributed by atoms with Gasteiger partial charge in [0.25, 0.3) is 5.54 Å². The number of hydrogen-bond donors (Lipinski definition) is 0. The summed E-state index contributed by atoms with van der Waals surface area (Å²) in [5.74, 6) is 0.338. The van der Waals surface area contributed by atoms with E-state index < -0.39 is 0 Å². The quantitative estimate of drug-likeness (QED) is 0.171. The highest BCUT2D eigenvalue weighted by Gasteiger charge is 2.86. The van der Waals surface area contributed by atoms with Crippen molar-refractivity contribution < 1.29 is 13.6 Å². The zero-order valence-electron chi connectivity index (χ0n) is 25.3. The van der Waals surface area contributed by atoms with Crippen LogP contribution in [-0.2, 0) is 17.4 Å². The van der Waals surface area contributed by atoms with E-state index in [9.17, 15) is 0 Å². The summed E-state index contributed by atoms with van der Waals surface area (Å²) in [5, 5.41) is 2.43. The van der Waals surface area contributed by atoms with E-state index in [1.165, 1.54) is 72.2 Å². The molecular formula is C40H34N2O+2. The van der Waals surface area contributed by atoms with Crippen molar-refractivity contribution in [2.24, 2.45) is 0 Å². The molecule has 0 amide bonds. The first-order valence-corrected chi connectivity index (χ1v) is 15.6. The summed E-state index contributed by atoms with van der Waals surface area (Å²) in [6.07, 6.45) is 8.09. The van der Waals surface area contributed by atoms with Crippen LogP contribution in [-0.4, -0.2) is 0 Å². The number of pyridine rings is 2. The van der Waals surface area contributed by atoms with Gasteiger partial charge < -0.3 is 4.42 Å². The van der Waals surface area contributed by atoms with Gasteiger partial charge in [0, 0.05) is 45.7 Å². The van der Waals surface area contributed by atoms with Crippen molar-refractivity contribution in [2.75, 3.05) is 0 Å². The van der Waals surface area contributed by atoms with Crippen molar-refractivity contribution in [1.82, 2.24) is 0 Å². The van der Waals surface area contributed by atoms with Crippen LogP contribution in [0.15, 0.2) is 95.2 Å². The topological polar surface area (TPSA) is 20.9 Å². The number of hydrogen-bond acceptors (Lipinski definition) is 1. The molecule has 208 valence electrons. The molecule has 0 N–H and O–H groups in total. The monoisotopic (exact) mass is 558 g/mol. The molecule has 0 bridgehead atoms. The second-order valence-electron chi connectivity index (χ2n) is 14.4. The Labute approximate surface area is 251 Å². The average Bonchev–Trinajstić information content (AvgIpc) is 3.18. The van der Waals surface area contributed by atoms with Crippen LogP contribution in [0.1, 0.15) is 73.0 Å². The lowest BCUT2D eigenvalue weighted by Gasteiger charge is -2.21. The Bertz CT molecular complexity index is 2240. The van der Waals surface area contributed by atoms with Gasteiger partial charge in [0.2, 0.25) is 17.4 Å². The lowest BCUT2D eigenvalue weighted by Crippen LogP contribution is -2.51. The molecule has 1 fully saturated rings. The molecule has 1 saturated carbocycles. The highest BCUT2D eigenvalue weighted by molar-refractivity contribution is 6.12. The first kappa shape index (κ1) is 24.0. The third-order valence-electron chi connectivity index (χ3n) is 10.9. The summed E-state index contributed by atoms with van der Waals surface area (Å²) < 4.78 is 12.2. The number of rotatable bonds is 0. The Kier molecular flexibility index (Phi) is 4.20. The van der Waals surface area contributed by atoms with Gasteiger partial charge in [-0.05, 0) is 60.6 Å². The molecule has 3 heteroatoms. The number of fused-ring (bicyclic) bond motifs is 19. The normalized spacial score (nSPS) is 22.2. The highest BCUT2D eigenvalue weighted by Crippen LogP contribution is 2.71. The van der Waals surface area contributed by atoms with Crippen molar-refractivity contribution >= 4 is 28.0 Å². The number of furan rings is 1. The predicted octanol–water partition coefficient (Wildman–Crippen LogP) is 8.47. The van der Waals surface area contributed by atoms with Gasteiger partial charge in [0.1, 0.15) is 17.1 Å². The zero-order valence-corrected chi connectivity index (χ0v) is 25.3. The maximum atomic E-state index is 7.05. The molecule has 0 radical (unpaired) electrons. The van der Waals surface area contributed by atoms with Crippen LogP contribution in [0.4, 0.5) is 0 Å². The summed E-state index contributed by atoms with van der Waals surface area (Å²) in [5.41, 5.74) is 16.7. The standard InChI is InChI=1S/C40H34N2O/c1-22-18-24-13-14-27-28-15-16-30-34(37(28)43-36(27)29(24)19-22)33-20-31(39(3,4)5)23(2)21-42(33)40(30)35-26-11-7-6-10-25(26)32-12-8-9-17-41(32)38(35)40/h6-17,19-21,35,38H,18H2,1-5H3/q+2. The van der Waals surface area contributed by atoms with Crippen molar-refractivity contribution in [1.29, 1.82) is 0 Å². The minimum absolute atomic E-state index is 0.0325. The third kappa shape index (κ3) is 2.73. The van der Waals surface area contributed by atoms with Gasteiger partial charge in [-0.15, -0.1) is 0 Å². The van der Waals surface area contributed by atoms with Crippen LogP contribution in [0.25, 0.3) is 50.5 Å². The number of benzene rings is 3. The van der Waals surface area contributed by atoms with Crippen molar-refractivity contribution in [3.63, 3.8) is 0 Å². The lowest BCUT2D eigenvalue weighted by atomic mass is 9.84. The summed E-state index contributed by atoms with van der Waals surface area (Å²) in [4.78, 5) is 0. The molecule has 3 aromatic heterocycles. The molecule has 3 nitrogen and oxygen atoms in total. The Morgan fingerprint density at radius 1 is 0.860 bits per heavy atom. The van der Waals surface area contributed by atoms with E-state index in [1.54, 1.807) is 0 Å². The van der Waals surface area contributed by atoms with Crippen molar-refractivity contribution in [3.8, 4) is 22.5 Å². The zero-order chi connectivity index (χ0) is 29.0. The largest absolute Gasteiger partial charge is 0.455 e. The maximum absolute atomic E-state index is 7.05. The second kappa shape index (κ2) is 7.52. The molecule has 10 rings (SSSR count). The van der Waals surface area contributed by atoms with Gasteiger partial charge in [-0.25, -0.2) is 0 Å². The van der Waals surface area contributed by atoms with E-state index in [0.29, 0.717) is 12.0 Å². The first-order valence-electron chi connectivity index (χ1n) is 15.6. The molecule has 3 atom stereocenters. The van der Waals surface area contributed by atoms with E-state index in [0.717, 1.165) is 17.6 Å². The van der Waals surface area contributed by atoms with E-state index in [1.807, 2.05) is 0 Å². The molecule has 3 aromatic carbocycles. The smallest absolute Gasteiger partial charge is 0.269 e. The van der Waals surface area contributed by atoms with Crippen LogP contribution in [0.2, 0.25) is 0 Å². The van der Waals surface area contributed by atoms with Crippen LogP contribution in [0.3, 0.4) is 0 Å². The maximum Gasteiger partial charge on any atom is 0.269 e. The van der Waals surface area contributed by atoms with Crippen molar-refractivity contribution in [2.45, 2.75) is 64.0 Å². The van der Waals surface area contributed by atoms with Gasteiger partial charge in [0.15, 0.2) is 12.4 Å². The Morgan fingerprint density at radius 2 is 1.65 bits per heavy atom. The molecule has 43 heavy (non-hydrogen) atoms. The number of aryl methyl sites for hydroxylation is 1. The molecule has 3 unspecified atom stereocenters. The Morgan fingerprint density at radius 3 is 2.51 bits per heavy atom. The summed E-state index contributed by atoms with van der Waals surface area (Å²) in [7, 11) is 0. The summed E-state index contributed by atoms with van der Waals surface area (Å²) in [6, 6.07) is 27.9. The van der Waals surface area contributed by atoms with E-state index in [2.05, 4.69) is 135 Å². The summed E-state index contributed by atoms with van der Waals surface area (Å²) >= 11 is 0. The summed E-state index contributed by atoms with van der Waals surface area (Å²) in [6.45, 7) is 11.5. The van der Waals surface area contributed by atoms with Crippen molar-refractivity contribution in [3.05, 3.63) is 124 Å². The van der Waals surface area contributed by atoms with Gasteiger partial charge in [0.05, 0.1) is 11.1 Å². The molecule has 2 aliphatic heterocycles. The Balaban J connectivity index is 1.35. The Hall–Kier alpha value is -4.50. The minimum Gasteiger partial charge on any atom is -0.455 e. The van der Waals surface area contributed by atoms with E-state index >= 15 is 0 Å². The van der Waals surface area contributed by atoms with Gasteiger partial charge in [-0.2, -0.15) is 9.13 Å². The predicted molar refractivity (Wildman–Crippen MR) is 171 cm³/mol. The van der Waals surface area contributed by atoms with Crippen LogP contribution >= 0.6 is 0 Å². The molecule has 4 aliphatic rings. The van der Waals surface area contributed by atoms with Gasteiger partial charge in [-0.3, -0.25) is 0 Å². The van der Waals surface area contributed by atoms with Crippen LogP contribution in [0, 0.1) is 6.92 Å².